The Morgan fingerprint density at radius 3 is 2.84 bits per heavy atom. The lowest BCUT2D eigenvalue weighted by Gasteiger charge is -2.13. The van der Waals surface area contributed by atoms with Crippen LogP contribution in [0.3, 0.4) is 0 Å². The van der Waals surface area contributed by atoms with E-state index in [2.05, 4.69) is 10.4 Å². The highest BCUT2D eigenvalue weighted by molar-refractivity contribution is 7.99. The lowest BCUT2D eigenvalue weighted by molar-refractivity contribution is -0.384. The maximum absolute atomic E-state index is 12.7. The molecule has 0 aliphatic carbocycles. The summed E-state index contributed by atoms with van der Waals surface area (Å²) in [6.07, 6.45) is 1.35. The molecule has 128 valence electrons. The molecule has 2 aromatic carbocycles. The van der Waals surface area contributed by atoms with Crippen LogP contribution < -0.4 is 11.0 Å². The van der Waals surface area contributed by atoms with Gasteiger partial charge in [0, 0.05) is 22.1 Å². The van der Waals surface area contributed by atoms with Gasteiger partial charge in [0.2, 0.25) is 0 Å². The fourth-order valence-electron chi connectivity index (χ4n) is 2.30. The van der Waals surface area contributed by atoms with Crippen LogP contribution >= 0.6 is 23.4 Å². The Balaban J connectivity index is 2.08. The number of nitrogens with zero attached hydrogens (tertiary/aromatic N) is 3. The summed E-state index contributed by atoms with van der Waals surface area (Å²) in [5.74, 6) is 0.855. The smallest absolute Gasteiger partial charge is 0.280 e. The van der Waals surface area contributed by atoms with Crippen LogP contribution in [-0.2, 0) is 0 Å². The molecule has 3 aromatic rings. The number of hydrogen-bond donors (Lipinski definition) is 1. The van der Waals surface area contributed by atoms with Crippen molar-refractivity contribution in [2.75, 3.05) is 11.2 Å². The summed E-state index contributed by atoms with van der Waals surface area (Å²) in [4.78, 5) is 28.1. The fourth-order valence-corrected chi connectivity index (χ4v) is 3.21. The highest BCUT2D eigenvalue weighted by atomic mass is 35.5. The number of nitro groups is 1. The molecule has 0 aliphatic rings. The molecule has 0 fully saturated rings. The molecule has 1 N–H and O–H groups in total. The van der Waals surface area contributed by atoms with Gasteiger partial charge in [-0.05, 0) is 30.0 Å². The zero-order chi connectivity index (χ0) is 18.0. The van der Waals surface area contributed by atoms with Crippen molar-refractivity contribution in [3.05, 3.63) is 68.2 Å². The number of thioether (sulfide) groups is 1. The first kappa shape index (κ1) is 17.2. The summed E-state index contributed by atoms with van der Waals surface area (Å²) >= 11 is 7.65. The SMILES string of the molecule is CCSc1ccc(Cl)cc1Nn1cnc2ccc([N+](=O)[O-])cc2c1=O. The van der Waals surface area contributed by atoms with E-state index in [0.29, 0.717) is 16.2 Å². The summed E-state index contributed by atoms with van der Waals surface area (Å²) in [5.41, 5.74) is 3.44. The van der Waals surface area contributed by atoms with Crippen molar-refractivity contribution in [3.63, 3.8) is 0 Å². The van der Waals surface area contributed by atoms with Gasteiger partial charge in [0.1, 0.15) is 6.33 Å². The molecular formula is C16H13ClN4O3S. The van der Waals surface area contributed by atoms with E-state index in [-0.39, 0.29) is 11.1 Å². The number of rotatable bonds is 5. The molecule has 0 aliphatic heterocycles. The number of aromatic nitrogens is 2. The Morgan fingerprint density at radius 2 is 2.12 bits per heavy atom. The number of hydrogen-bond acceptors (Lipinski definition) is 6. The quantitative estimate of drug-likeness (QED) is 0.412. The van der Waals surface area contributed by atoms with E-state index in [4.69, 9.17) is 11.6 Å². The van der Waals surface area contributed by atoms with E-state index in [1.165, 1.54) is 29.2 Å². The molecule has 1 heterocycles. The van der Waals surface area contributed by atoms with Gasteiger partial charge < -0.3 is 0 Å². The second kappa shape index (κ2) is 7.12. The minimum atomic E-state index is -0.545. The van der Waals surface area contributed by atoms with Crippen LogP contribution in [0.5, 0.6) is 0 Å². The van der Waals surface area contributed by atoms with Gasteiger partial charge in [0.05, 0.1) is 21.5 Å². The zero-order valence-corrected chi connectivity index (χ0v) is 14.7. The fraction of sp³-hybridized carbons (Fsp3) is 0.125. The predicted molar refractivity (Wildman–Crippen MR) is 99.5 cm³/mol. The van der Waals surface area contributed by atoms with Gasteiger partial charge in [-0.15, -0.1) is 11.8 Å². The van der Waals surface area contributed by atoms with Gasteiger partial charge in [0.25, 0.3) is 11.2 Å². The van der Waals surface area contributed by atoms with Crippen LogP contribution in [0.25, 0.3) is 10.9 Å². The topological polar surface area (TPSA) is 90.1 Å². The third-order valence-corrected chi connectivity index (χ3v) is 4.63. The van der Waals surface area contributed by atoms with E-state index >= 15 is 0 Å². The lowest BCUT2D eigenvalue weighted by atomic mass is 10.2. The first-order valence-electron chi connectivity index (χ1n) is 7.35. The first-order chi connectivity index (χ1) is 12.0. The van der Waals surface area contributed by atoms with E-state index in [1.54, 1.807) is 23.9 Å². The maximum Gasteiger partial charge on any atom is 0.280 e. The van der Waals surface area contributed by atoms with Crippen molar-refractivity contribution in [1.29, 1.82) is 0 Å². The van der Waals surface area contributed by atoms with Crippen LogP contribution in [0.15, 0.2) is 52.4 Å². The molecule has 7 nitrogen and oxygen atoms in total. The van der Waals surface area contributed by atoms with Crippen molar-refractivity contribution < 1.29 is 4.92 Å². The minimum absolute atomic E-state index is 0.158. The largest absolute Gasteiger partial charge is 0.289 e. The Labute approximate surface area is 151 Å². The van der Waals surface area contributed by atoms with Crippen molar-refractivity contribution in [2.45, 2.75) is 11.8 Å². The molecule has 0 bridgehead atoms. The van der Waals surface area contributed by atoms with E-state index in [9.17, 15) is 14.9 Å². The van der Waals surface area contributed by atoms with Crippen molar-refractivity contribution in [2.24, 2.45) is 0 Å². The molecule has 0 unspecified atom stereocenters. The van der Waals surface area contributed by atoms with Crippen LogP contribution in [0.1, 0.15) is 6.92 Å². The third kappa shape index (κ3) is 3.59. The Bertz CT molecular complexity index is 1020. The van der Waals surface area contributed by atoms with E-state index < -0.39 is 10.5 Å². The minimum Gasteiger partial charge on any atom is -0.289 e. The highest BCUT2D eigenvalue weighted by Crippen LogP contribution is 2.29. The van der Waals surface area contributed by atoms with Crippen LogP contribution in [0.4, 0.5) is 11.4 Å². The number of halogens is 1. The zero-order valence-electron chi connectivity index (χ0n) is 13.1. The van der Waals surface area contributed by atoms with E-state index in [1.807, 2.05) is 13.0 Å². The van der Waals surface area contributed by atoms with Gasteiger partial charge in [-0.3, -0.25) is 20.3 Å². The van der Waals surface area contributed by atoms with Crippen molar-refractivity contribution in [1.82, 2.24) is 9.66 Å². The van der Waals surface area contributed by atoms with Crippen LogP contribution in [0, 0.1) is 10.1 Å². The molecule has 0 spiro atoms. The van der Waals surface area contributed by atoms with Crippen LogP contribution in [-0.4, -0.2) is 20.3 Å². The number of nitro benzene ring substituents is 1. The third-order valence-electron chi connectivity index (χ3n) is 3.43. The first-order valence-corrected chi connectivity index (χ1v) is 8.71. The number of benzene rings is 2. The molecule has 0 saturated heterocycles. The molecule has 0 amide bonds. The maximum atomic E-state index is 12.7. The summed E-state index contributed by atoms with van der Waals surface area (Å²) in [5, 5.41) is 11.6. The average Bonchev–Trinajstić information content (AvgIpc) is 2.59. The molecular weight excluding hydrogens is 364 g/mol. The standard InChI is InChI=1S/C16H13ClN4O3S/c1-2-25-15-6-3-10(17)7-14(15)19-20-9-18-13-5-4-11(21(23)24)8-12(13)16(20)22/h3-9,19H,2H2,1H3. The molecule has 3 rings (SSSR count). The molecule has 1 aromatic heterocycles. The number of non-ortho nitro benzene ring substituents is 1. The number of fused-ring (bicyclic) bond motifs is 1. The van der Waals surface area contributed by atoms with Gasteiger partial charge in [-0.25, -0.2) is 9.66 Å². The van der Waals surface area contributed by atoms with E-state index in [0.717, 1.165) is 10.6 Å². The number of nitrogens with one attached hydrogen (secondary N) is 1. The second-order valence-corrected chi connectivity index (χ2v) is 6.81. The van der Waals surface area contributed by atoms with Gasteiger partial charge >= 0.3 is 0 Å². The van der Waals surface area contributed by atoms with Crippen LogP contribution in [0.2, 0.25) is 5.02 Å². The molecule has 0 atom stereocenters. The van der Waals surface area contributed by atoms with Crippen molar-refractivity contribution in [3.8, 4) is 0 Å². The molecule has 9 heteroatoms. The molecule has 25 heavy (non-hydrogen) atoms. The Morgan fingerprint density at radius 1 is 1.32 bits per heavy atom. The normalized spacial score (nSPS) is 10.8. The second-order valence-electron chi connectivity index (χ2n) is 5.06. The monoisotopic (exact) mass is 376 g/mol. The molecule has 0 saturated carbocycles. The summed E-state index contributed by atoms with van der Waals surface area (Å²) < 4.78 is 1.19. The summed E-state index contributed by atoms with van der Waals surface area (Å²) in [6.45, 7) is 2.02. The average molecular weight is 377 g/mol. The summed E-state index contributed by atoms with van der Waals surface area (Å²) in [7, 11) is 0. The van der Waals surface area contributed by atoms with Gasteiger partial charge in [0.15, 0.2) is 0 Å². The van der Waals surface area contributed by atoms with Crippen molar-refractivity contribution >= 4 is 45.6 Å². The molecule has 0 radical (unpaired) electrons. The summed E-state index contributed by atoms with van der Waals surface area (Å²) in [6, 6.07) is 9.35. The Hall–Kier alpha value is -2.58. The Kier molecular flexibility index (Phi) is 4.91. The lowest BCUT2D eigenvalue weighted by Crippen LogP contribution is -2.26. The van der Waals surface area contributed by atoms with Gasteiger partial charge in [-0.2, -0.15) is 0 Å². The highest BCUT2D eigenvalue weighted by Gasteiger charge is 2.12. The number of anilines is 1. The van der Waals surface area contributed by atoms with Gasteiger partial charge in [-0.1, -0.05) is 18.5 Å². The predicted octanol–water partition coefficient (Wildman–Crippen LogP) is 3.95.